The van der Waals surface area contributed by atoms with Gasteiger partial charge in [0.15, 0.2) is 0 Å². The Kier molecular flexibility index (Phi) is 4.47. The van der Waals surface area contributed by atoms with E-state index in [-0.39, 0.29) is 16.1 Å². The number of ether oxygens (including phenoxy) is 1. The Morgan fingerprint density at radius 3 is 2.84 bits per heavy atom. The van der Waals surface area contributed by atoms with E-state index in [0.717, 1.165) is 12.8 Å². The van der Waals surface area contributed by atoms with Crippen LogP contribution in [0.3, 0.4) is 0 Å². The number of hydrogen-bond donors (Lipinski definition) is 1. The van der Waals surface area contributed by atoms with Crippen molar-refractivity contribution in [1.82, 2.24) is 9.78 Å². The van der Waals surface area contributed by atoms with Crippen LogP contribution in [-0.2, 0) is 11.3 Å². The van der Waals surface area contributed by atoms with Gasteiger partial charge in [-0.3, -0.25) is 4.79 Å². The summed E-state index contributed by atoms with van der Waals surface area (Å²) in [5.41, 5.74) is 0.381. The van der Waals surface area contributed by atoms with Gasteiger partial charge in [-0.15, -0.1) is 0 Å². The van der Waals surface area contributed by atoms with Crippen molar-refractivity contribution in [3.63, 3.8) is 0 Å². The Hall–Kier alpha value is -1.07. The lowest BCUT2D eigenvalue weighted by Crippen LogP contribution is -2.33. The van der Waals surface area contributed by atoms with E-state index in [1.54, 1.807) is 13.3 Å². The lowest BCUT2D eigenvalue weighted by atomic mass is 10.0. The first-order valence-electron chi connectivity index (χ1n) is 6.58. The predicted molar refractivity (Wildman–Crippen MR) is 75.9 cm³/mol. The average Bonchev–Trinajstić information content (AvgIpc) is 2.81. The maximum absolute atomic E-state index is 12.0. The zero-order valence-corrected chi connectivity index (χ0v) is 12.2. The highest BCUT2D eigenvalue weighted by molar-refractivity contribution is 6.32. The smallest absolute Gasteiger partial charge is 0.287 e. The fourth-order valence-electron chi connectivity index (χ4n) is 2.49. The fourth-order valence-corrected chi connectivity index (χ4v) is 2.69. The van der Waals surface area contributed by atoms with Gasteiger partial charge in [0.1, 0.15) is 5.02 Å². The summed E-state index contributed by atoms with van der Waals surface area (Å²) in [4.78, 5) is 12.0. The highest BCUT2D eigenvalue weighted by Gasteiger charge is 2.29. The third-order valence-corrected chi connectivity index (χ3v) is 4.00. The molecule has 1 aromatic rings. The molecule has 1 aromatic heterocycles. The molecule has 0 bridgehead atoms. The number of methoxy groups -OCH3 is 1. The number of aromatic nitrogens is 2. The van der Waals surface area contributed by atoms with E-state index in [4.69, 9.17) is 16.3 Å². The molecule has 0 radical (unpaired) electrons. The Balaban J connectivity index is 2.18. The van der Waals surface area contributed by atoms with Gasteiger partial charge < -0.3 is 10.1 Å². The molecule has 1 aliphatic rings. The summed E-state index contributed by atoms with van der Waals surface area (Å²) in [6, 6.07) is 0. The number of anilines is 1. The number of nitrogens with one attached hydrogen (secondary N) is 1. The monoisotopic (exact) mass is 285 g/mol. The summed E-state index contributed by atoms with van der Waals surface area (Å²) < 4.78 is 6.26. The van der Waals surface area contributed by atoms with Crippen LogP contribution in [0.2, 0.25) is 5.02 Å². The molecule has 106 valence electrons. The maximum Gasteiger partial charge on any atom is 0.287 e. The van der Waals surface area contributed by atoms with Gasteiger partial charge in [-0.05, 0) is 19.8 Å². The number of rotatable bonds is 5. The molecule has 0 saturated heterocycles. The SMILES string of the molecule is COCCn1ncc(NC2(C)CCCC2)c(Cl)c1=O. The molecule has 0 unspecified atom stereocenters. The molecular weight excluding hydrogens is 266 g/mol. The summed E-state index contributed by atoms with van der Waals surface area (Å²) in [6.07, 6.45) is 6.23. The molecular formula is C13H20ClN3O2. The van der Waals surface area contributed by atoms with Gasteiger partial charge in [0.05, 0.1) is 25.0 Å². The van der Waals surface area contributed by atoms with Crippen LogP contribution in [0, 0.1) is 0 Å². The standard InChI is InChI=1S/C13H20ClN3O2/c1-13(5-3-4-6-13)16-10-9-15-17(7-8-19-2)12(18)11(10)14/h9,16H,3-8H2,1-2H3. The molecule has 1 saturated carbocycles. The van der Waals surface area contributed by atoms with Crippen LogP contribution >= 0.6 is 11.6 Å². The van der Waals surface area contributed by atoms with Gasteiger partial charge in [0.25, 0.3) is 5.56 Å². The van der Waals surface area contributed by atoms with Gasteiger partial charge in [-0.25, -0.2) is 4.68 Å². The third kappa shape index (κ3) is 3.28. The van der Waals surface area contributed by atoms with Crippen molar-refractivity contribution in [3.05, 3.63) is 21.6 Å². The predicted octanol–water partition coefficient (Wildman–Crippen LogP) is 2.29. The van der Waals surface area contributed by atoms with Crippen LogP contribution in [0.15, 0.2) is 11.0 Å². The summed E-state index contributed by atoms with van der Waals surface area (Å²) in [5, 5.41) is 7.71. The molecule has 0 aromatic carbocycles. The van der Waals surface area contributed by atoms with Crippen molar-refractivity contribution in [2.45, 2.75) is 44.7 Å². The zero-order valence-electron chi connectivity index (χ0n) is 11.4. The minimum Gasteiger partial charge on any atom is -0.383 e. The van der Waals surface area contributed by atoms with E-state index >= 15 is 0 Å². The van der Waals surface area contributed by atoms with Gasteiger partial charge in [-0.2, -0.15) is 5.10 Å². The van der Waals surface area contributed by atoms with E-state index in [9.17, 15) is 4.79 Å². The van der Waals surface area contributed by atoms with E-state index in [1.807, 2.05) is 0 Å². The Morgan fingerprint density at radius 1 is 1.53 bits per heavy atom. The number of hydrogen-bond acceptors (Lipinski definition) is 4. The van der Waals surface area contributed by atoms with Gasteiger partial charge >= 0.3 is 0 Å². The second-order valence-corrected chi connectivity index (χ2v) is 5.66. The number of halogens is 1. The molecule has 19 heavy (non-hydrogen) atoms. The molecule has 5 nitrogen and oxygen atoms in total. The van der Waals surface area contributed by atoms with Crippen LogP contribution in [0.1, 0.15) is 32.6 Å². The second kappa shape index (κ2) is 5.92. The molecule has 6 heteroatoms. The first-order chi connectivity index (χ1) is 9.06. The van der Waals surface area contributed by atoms with Crippen LogP contribution in [0.5, 0.6) is 0 Å². The molecule has 1 N–H and O–H groups in total. The number of nitrogens with zero attached hydrogens (tertiary/aromatic N) is 2. The molecule has 1 heterocycles. The topological polar surface area (TPSA) is 56.1 Å². The highest BCUT2D eigenvalue weighted by atomic mass is 35.5. The largest absolute Gasteiger partial charge is 0.383 e. The van der Waals surface area contributed by atoms with E-state index in [0.29, 0.717) is 18.8 Å². The molecule has 0 amide bonds. The van der Waals surface area contributed by atoms with Crippen molar-refractivity contribution in [2.75, 3.05) is 19.0 Å². The van der Waals surface area contributed by atoms with Crippen LogP contribution in [-0.4, -0.2) is 29.0 Å². The summed E-state index contributed by atoms with van der Waals surface area (Å²) >= 11 is 6.14. The minimum absolute atomic E-state index is 0.0243. The Bertz CT molecular complexity index is 495. The first-order valence-corrected chi connectivity index (χ1v) is 6.96. The highest BCUT2D eigenvalue weighted by Crippen LogP contribution is 2.33. The summed E-state index contributed by atoms with van der Waals surface area (Å²) in [7, 11) is 1.59. The normalized spacial score (nSPS) is 17.6. The lowest BCUT2D eigenvalue weighted by Gasteiger charge is -2.27. The van der Waals surface area contributed by atoms with Crippen LogP contribution in [0.4, 0.5) is 5.69 Å². The summed E-state index contributed by atoms with van der Waals surface area (Å²) in [5.74, 6) is 0. The van der Waals surface area contributed by atoms with Crippen LogP contribution < -0.4 is 10.9 Å². The van der Waals surface area contributed by atoms with Crippen molar-refractivity contribution < 1.29 is 4.74 Å². The summed E-state index contributed by atoms with van der Waals surface area (Å²) in [6.45, 7) is 3.01. The Morgan fingerprint density at radius 2 is 2.21 bits per heavy atom. The zero-order chi connectivity index (χ0) is 13.9. The average molecular weight is 286 g/mol. The maximum atomic E-state index is 12.0. The van der Waals surface area contributed by atoms with Crippen LogP contribution in [0.25, 0.3) is 0 Å². The van der Waals surface area contributed by atoms with Gasteiger partial charge in [-0.1, -0.05) is 24.4 Å². The lowest BCUT2D eigenvalue weighted by molar-refractivity contribution is 0.182. The minimum atomic E-state index is -0.273. The van der Waals surface area contributed by atoms with E-state index in [2.05, 4.69) is 17.3 Å². The molecule has 0 spiro atoms. The third-order valence-electron chi connectivity index (χ3n) is 3.64. The molecule has 1 aliphatic carbocycles. The first kappa shape index (κ1) is 14.3. The van der Waals surface area contributed by atoms with E-state index < -0.39 is 0 Å². The fraction of sp³-hybridized carbons (Fsp3) is 0.692. The molecule has 2 rings (SSSR count). The van der Waals surface area contributed by atoms with Crippen molar-refractivity contribution in [2.24, 2.45) is 0 Å². The molecule has 0 aliphatic heterocycles. The molecule has 0 atom stereocenters. The van der Waals surface area contributed by atoms with E-state index in [1.165, 1.54) is 17.5 Å². The second-order valence-electron chi connectivity index (χ2n) is 5.29. The van der Waals surface area contributed by atoms with Crippen molar-refractivity contribution >= 4 is 17.3 Å². The quantitative estimate of drug-likeness (QED) is 0.902. The van der Waals surface area contributed by atoms with Gasteiger partial charge in [0, 0.05) is 12.6 Å². The molecule has 1 fully saturated rings. The Labute approximate surface area is 117 Å². The van der Waals surface area contributed by atoms with Crippen molar-refractivity contribution in [3.8, 4) is 0 Å². The van der Waals surface area contributed by atoms with Crippen molar-refractivity contribution in [1.29, 1.82) is 0 Å². The van der Waals surface area contributed by atoms with Gasteiger partial charge in [0.2, 0.25) is 0 Å².